The van der Waals surface area contributed by atoms with Crippen molar-refractivity contribution in [2.75, 3.05) is 0 Å². The fourth-order valence-electron chi connectivity index (χ4n) is 5.38. The van der Waals surface area contributed by atoms with Crippen molar-refractivity contribution in [1.82, 2.24) is 0 Å². The summed E-state index contributed by atoms with van der Waals surface area (Å²) in [6, 6.07) is 44.4. The Morgan fingerprint density at radius 1 is 0.281 bits per heavy atom. The zero-order valence-corrected chi connectivity index (χ0v) is 17.5. The fourth-order valence-corrected chi connectivity index (χ4v) is 5.38. The zero-order chi connectivity index (χ0) is 21.1. The van der Waals surface area contributed by atoms with Gasteiger partial charge in [-0.3, -0.25) is 0 Å². The van der Waals surface area contributed by atoms with Gasteiger partial charge in [0.25, 0.3) is 0 Å². The summed E-state index contributed by atoms with van der Waals surface area (Å²) in [6.07, 6.45) is 0. The van der Waals surface area contributed by atoms with E-state index in [4.69, 9.17) is 0 Å². The van der Waals surface area contributed by atoms with Crippen LogP contribution < -0.4 is 0 Å². The summed E-state index contributed by atoms with van der Waals surface area (Å²) >= 11 is 0. The molecule has 0 nitrogen and oxygen atoms in total. The molecule has 0 saturated carbocycles. The van der Waals surface area contributed by atoms with Crippen molar-refractivity contribution < 1.29 is 0 Å². The summed E-state index contributed by atoms with van der Waals surface area (Å²) in [7, 11) is 0. The lowest BCUT2D eigenvalue weighted by Crippen LogP contribution is -1.88. The molecule has 0 heteroatoms. The third-order valence-corrected chi connectivity index (χ3v) is 6.81. The maximum atomic E-state index is 2.35. The molecule has 0 amide bonds. The fraction of sp³-hybridized carbons (Fsp3) is 0. The summed E-state index contributed by atoms with van der Waals surface area (Å²) in [4.78, 5) is 0. The zero-order valence-electron chi connectivity index (χ0n) is 17.5. The van der Waals surface area contributed by atoms with Gasteiger partial charge >= 0.3 is 0 Å². The molecule has 148 valence electrons. The molecule has 0 aromatic heterocycles. The molecular weight excluding hydrogens is 384 g/mol. The Kier molecular flexibility index (Phi) is 3.65. The Balaban J connectivity index is 1.69. The van der Waals surface area contributed by atoms with E-state index in [1.54, 1.807) is 0 Å². The minimum Gasteiger partial charge on any atom is -0.0616 e. The van der Waals surface area contributed by atoms with E-state index in [1.807, 2.05) is 0 Å². The monoisotopic (exact) mass is 404 g/mol. The Labute approximate surface area is 186 Å². The van der Waals surface area contributed by atoms with Crippen molar-refractivity contribution in [3.63, 3.8) is 0 Å². The smallest absolute Gasteiger partial charge is 0.00201 e. The van der Waals surface area contributed by atoms with Crippen molar-refractivity contribution >= 4 is 53.9 Å². The van der Waals surface area contributed by atoms with Gasteiger partial charge in [0.2, 0.25) is 0 Å². The first-order valence-corrected chi connectivity index (χ1v) is 11.1. The Morgan fingerprint density at radius 2 is 0.750 bits per heavy atom. The highest BCUT2D eigenvalue weighted by Gasteiger charge is 2.14. The van der Waals surface area contributed by atoms with Crippen LogP contribution in [-0.2, 0) is 0 Å². The first kappa shape index (κ1) is 17.5. The molecule has 0 fully saturated rings. The molecule has 0 spiro atoms. The Hall–Kier alpha value is -4.16. The van der Waals surface area contributed by atoms with Gasteiger partial charge in [-0.2, -0.15) is 0 Å². The van der Waals surface area contributed by atoms with E-state index in [-0.39, 0.29) is 0 Å². The highest BCUT2D eigenvalue weighted by molar-refractivity contribution is 6.29. The summed E-state index contributed by atoms with van der Waals surface area (Å²) in [5.74, 6) is 0. The number of benzene rings is 7. The van der Waals surface area contributed by atoms with Crippen molar-refractivity contribution in [2.45, 2.75) is 0 Å². The third-order valence-electron chi connectivity index (χ3n) is 6.81. The normalized spacial score (nSPS) is 11.8. The second kappa shape index (κ2) is 6.67. The standard InChI is InChI=1S/C32H20/c1-2-10-22-20-31-23(19-21(22)9-1)11-7-16-27(31)30-18-8-17-29-26-13-4-3-12-24(26)25-14-5-6-15-28(25)32(29)30/h1-20H. The van der Waals surface area contributed by atoms with Crippen LogP contribution in [0, 0.1) is 0 Å². The van der Waals surface area contributed by atoms with E-state index in [0.29, 0.717) is 0 Å². The van der Waals surface area contributed by atoms with Gasteiger partial charge in [-0.05, 0) is 77.1 Å². The van der Waals surface area contributed by atoms with Gasteiger partial charge in [0.1, 0.15) is 0 Å². The minimum atomic E-state index is 1.28. The Bertz CT molecular complexity index is 1780. The second-order valence-electron chi connectivity index (χ2n) is 8.55. The summed E-state index contributed by atoms with van der Waals surface area (Å²) < 4.78 is 0. The number of hydrogen-bond acceptors (Lipinski definition) is 0. The maximum absolute atomic E-state index is 2.35. The summed E-state index contributed by atoms with van der Waals surface area (Å²) in [5.41, 5.74) is 2.59. The Morgan fingerprint density at radius 3 is 1.47 bits per heavy atom. The first-order valence-electron chi connectivity index (χ1n) is 11.1. The van der Waals surface area contributed by atoms with Crippen LogP contribution in [0.25, 0.3) is 65.0 Å². The predicted octanol–water partition coefficient (Wildman–Crippen LogP) is 9.12. The van der Waals surface area contributed by atoms with Crippen LogP contribution >= 0.6 is 0 Å². The highest BCUT2D eigenvalue weighted by Crippen LogP contribution is 2.42. The van der Waals surface area contributed by atoms with Crippen molar-refractivity contribution in [1.29, 1.82) is 0 Å². The van der Waals surface area contributed by atoms with Crippen LogP contribution in [0.5, 0.6) is 0 Å². The van der Waals surface area contributed by atoms with E-state index in [1.165, 1.54) is 65.0 Å². The molecule has 0 bridgehead atoms. The van der Waals surface area contributed by atoms with Crippen LogP contribution in [0.2, 0.25) is 0 Å². The quantitative estimate of drug-likeness (QED) is 0.189. The highest BCUT2D eigenvalue weighted by atomic mass is 14.2. The molecule has 0 atom stereocenters. The average Bonchev–Trinajstić information content (AvgIpc) is 2.87. The first-order chi connectivity index (χ1) is 15.9. The van der Waals surface area contributed by atoms with Crippen LogP contribution in [0.15, 0.2) is 121 Å². The summed E-state index contributed by atoms with van der Waals surface area (Å²) in [6.45, 7) is 0. The maximum Gasteiger partial charge on any atom is -0.00201 e. The van der Waals surface area contributed by atoms with Gasteiger partial charge in [-0.25, -0.2) is 0 Å². The van der Waals surface area contributed by atoms with Crippen molar-refractivity contribution in [3.8, 4) is 11.1 Å². The van der Waals surface area contributed by atoms with Crippen LogP contribution in [0.3, 0.4) is 0 Å². The molecule has 0 aliphatic carbocycles. The van der Waals surface area contributed by atoms with E-state index < -0.39 is 0 Å². The van der Waals surface area contributed by atoms with E-state index >= 15 is 0 Å². The van der Waals surface area contributed by atoms with Crippen LogP contribution in [0.4, 0.5) is 0 Å². The van der Waals surface area contributed by atoms with Gasteiger partial charge in [0.05, 0.1) is 0 Å². The van der Waals surface area contributed by atoms with Gasteiger partial charge in [0.15, 0.2) is 0 Å². The SMILES string of the molecule is c1ccc2cc3c(-c4cccc5c6ccccc6c6ccccc6c45)cccc3cc2c1. The molecule has 0 aliphatic heterocycles. The number of rotatable bonds is 1. The van der Waals surface area contributed by atoms with Crippen LogP contribution in [0.1, 0.15) is 0 Å². The molecule has 7 aromatic rings. The largest absolute Gasteiger partial charge is 0.0616 e. The lowest BCUT2D eigenvalue weighted by Gasteiger charge is -2.16. The molecule has 0 radical (unpaired) electrons. The summed E-state index contributed by atoms with van der Waals surface area (Å²) in [5, 5.41) is 13.1. The second-order valence-corrected chi connectivity index (χ2v) is 8.55. The lowest BCUT2D eigenvalue weighted by molar-refractivity contribution is 1.71. The number of fused-ring (bicyclic) bond motifs is 8. The van der Waals surface area contributed by atoms with Gasteiger partial charge < -0.3 is 0 Å². The molecule has 7 aromatic carbocycles. The lowest BCUT2D eigenvalue weighted by atomic mass is 9.88. The molecule has 0 unspecified atom stereocenters. The molecule has 0 saturated heterocycles. The predicted molar refractivity (Wildman–Crippen MR) is 139 cm³/mol. The van der Waals surface area contributed by atoms with Crippen molar-refractivity contribution in [2.24, 2.45) is 0 Å². The van der Waals surface area contributed by atoms with E-state index in [0.717, 1.165) is 0 Å². The van der Waals surface area contributed by atoms with Gasteiger partial charge in [-0.15, -0.1) is 0 Å². The molecule has 0 N–H and O–H groups in total. The molecule has 0 aliphatic rings. The molecular formula is C32H20. The van der Waals surface area contributed by atoms with E-state index in [9.17, 15) is 0 Å². The van der Waals surface area contributed by atoms with Gasteiger partial charge in [-0.1, -0.05) is 109 Å². The topological polar surface area (TPSA) is 0 Å². The molecule has 32 heavy (non-hydrogen) atoms. The van der Waals surface area contributed by atoms with Crippen LogP contribution in [-0.4, -0.2) is 0 Å². The molecule has 7 rings (SSSR count). The third kappa shape index (κ3) is 2.44. The minimum absolute atomic E-state index is 1.28. The average molecular weight is 405 g/mol. The molecule has 0 heterocycles. The number of hydrogen-bond donors (Lipinski definition) is 0. The van der Waals surface area contributed by atoms with Gasteiger partial charge in [0, 0.05) is 0 Å². The van der Waals surface area contributed by atoms with Crippen molar-refractivity contribution in [3.05, 3.63) is 121 Å². The van der Waals surface area contributed by atoms with E-state index in [2.05, 4.69) is 121 Å².